The van der Waals surface area contributed by atoms with Gasteiger partial charge in [-0.2, -0.15) is 12.6 Å². The van der Waals surface area contributed by atoms with Crippen molar-refractivity contribution in [2.45, 2.75) is 57.5 Å². The lowest BCUT2D eigenvalue weighted by Crippen LogP contribution is -2.23. The first-order valence-electron chi connectivity index (χ1n) is 6.04. The van der Waals surface area contributed by atoms with Crippen molar-refractivity contribution in [3.63, 3.8) is 0 Å². The van der Waals surface area contributed by atoms with E-state index in [1.54, 1.807) is 0 Å². The molecule has 0 aromatic carbocycles. The fourth-order valence-corrected chi connectivity index (χ4v) is 2.71. The highest BCUT2D eigenvalue weighted by Gasteiger charge is 2.43. The predicted molar refractivity (Wildman–Crippen MR) is 63.1 cm³/mol. The maximum Gasteiger partial charge on any atom is 0.306 e. The Morgan fingerprint density at radius 3 is 2.47 bits per heavy atom. The fraction of sp³-hybridized carbons (Fsp3) is 0.917. The molecule has 0 heterocycles. The molecule has 0 radical (unpaired) electrons. The molecule has 2 fully saturated rings. The first-order valence-corrected chi connectivity index (χ1v) is 6.68. The Bertz CT molecular complexity index is 230. The minimum atomic E-state index is 0.00782. The monoisotopic (exact) mass is 228 g/mol. The van der Waals surface area contributed by atoms with Crippen molar-refractivity contribution < 1.29 is 9.53 Å². The molecule has 0 aliphatic heterocycles. The Balaban J connectivity index is 1.72. The molecule has 0 aromatic heterocycles. The lowest BCUT2D eigenvalue weighted by atomic mass is 9.97. The molecular weight excluding hydrogens is 208 g/mol. The van der Waals surface area contributed by atoms with Gasteiger partial charge in [0, 0.05) is 0 Å². The van der Waals surface area contributed by atoms with E-state index in [1.807, 2.05) is 0 Å². The molecule has 2 saturated carbocycles. The van der Waals surface area contributed by atoms with E-state index in [4.69, 9.17) is 4.74 Å². The molecule has 2 aliphatic carbocycles. The summed E-state index contributed by atoms with van der Waals surface area (Å²) in [6.07, 6.45) is 8.97. The van der Waals surface area contributed by atoms with E-state index >= 15 is 0 Å². The van der Waals surface area contributed by atoms with E-state index in [0.717, 1.165) is 31.4 Å². The minimum Gasteiger partial charge on any atom is -0.462 e. The number of esters is 1. The van der Waals surface area contributed by atoms with Crippen LogP contribution in [0.1, 0.15) is 51.4 Å². The maximum atomic E-state index is 11.7. The van der Waals surface area contributed by atoms with Crippen molar-refractivity contribution in [3.8, 4) is 0 Å². The number of ether oxygens (including phenoxy) is 1. The van der Waals surface area contributed by atoms with Gasteiger partial charge in [-0.15, -0.1) is 0 Å². The number of thiol groups is 1. The summed E-state index contributed by atoms with van der Waals surface area (Å²) in [5, 5.41) is 0. The first kappa shape index (κ1) is 11.3. The van der Waals surface area contributed by atoms with Crippen molar-refractivity contribution in [2.24, 2.45) is 5.41 Å². The predicted octanol–water partition coefficient (Wildman–Crippen LogP) is 2.96. The van der Waals surface area contributed by atoms with E-state index in [2.05, 4.69) is 12.6 Å². The molecule has 0 aromatic rings. The van der Waals surface area contributed by atoms with E-state index in [-0.39, 0.29) is 17.5 Å². The normalized spacial score (nSPS) is 24.9. The van der Waals surface area contributed by atoms with Crippen LogP contribution in [0.25, 0.3) is 0 Å². The molecule has 86 valence electrons. The molecule has 2 rings (SSSR count). The van der Waals surface area contributed by atoms with Gasteiger partial charge >= 0.3 is 5.97 Å². The molecular formula is C12H20O2S. The summed E-state index contributed by atoms with van der Waals surface area (Å²) in [6.45, 7) is 0. The second-order valence-electron chi connectivity index (χ2n) is 5.08. The van der Waals surface area contributed by atoms with Crippen LogP contribution in [0.4, 0.5) is 0 Å². The third-order valence-corrected chi connectivity index (χ3v) is 4.33. The Hall–Kier alpha value is -0.180. The van der Waals surface area contributed by atoms with Gasteiger partial charge in [0.15, 0.2) is 0 Å². The summed E-state index contributed by atoms with van der Waals surface area (Å²) in [5.41, 5.74) is 0.203. The largest absolute Gasteiger partial charge is 0.462 e. The van der Waals surface area contributed by atoms with E-state index in [0.29, 0.717) is 6.42 Å². The van der Waals surface area contributed by atoms with Gasteiger partial charge in [0.1, 0.15) is 6.10 Å². The molecule has 0 unspecified atom stereocenters. The van der Waals surface area contributed by atoms with E-state index in [1.165, 1.54) is 19.3 Å². The zero-order valence-electron chi connectivity index (χ0n) is 9.21. The van der Waals surface area contributed by atoms with Crippen LogP contribution < -0.4 is 0 Å². The average Bonchev–Trinajstić information content (AvgIpc) is 3.00. The van der Waals surface area contributed by atoms with Crippen LogP contribution in [0, 0.1) is 5.41 Å². The summed E-state index contributed by atoms with van der Waals surface area (Å²) in [6, 6.07) is 0. The van der Waals surface area contributed by atoms with E-state index < -0.39 is 0 Å². The number of carbonyl (C=O) groups is 1. The molecule has 0 amide bonds. The molecule has 3 heteroatoms. The zero-order chi connectivity index (χ0) is 10.7. The summed E-state index contributed by atoms with van der Waals surface area (Å²) >= 11 is 4.30. The topological polar surface area (TPSA) is 26.3 Å². The molecule has 15 heavy (non-hydrogen) atoms. The molecule has 0 saturated heterocycles. The Morgan fingerprint density at radius 2 is 1.93 bits per heavy atom. The quantitative estimate of drug-likeness (QED) is 0.591. The van der Waals surface area contributed by atoms with Gasteiger partial charge < -0.3 is 4.74 Å². The second-order valence-corrected chi connectivity index (χ2v) is 5.40. The molecule has 0 N–H and O–H groups in total. The number of carbonyl (C=O) groups excluding carboxylic acids is 1. The van der Waals surface area contributed by atoms with Crippen molar-refractivity contribution in [1.29, 1.82) is 0 Å². The van der Waals surface area contributed by atoms with Crippen LogP contribution in [-0.4, -0.2) is 17.8 Å². The number of hydrogen-bond donors (Lipinski definition) is 1. The zero-order valence-corrected chi connectivity index (χ0v) is 10.1. The number of hydrogen-bond acceptors (Lipinski definition) is 3. The van der Waals surface area contributed by atoms with Crippen molar-refractivity contribution in [3.05, 3.63) is 0 Å². The highest BCUT2D eigenvalue weighted by atomic mass is 32.1. The van der Waals surface area contributed by atoms with Gasteiger partial charge in [0.2, 0.25) is 0 Å². The lowest BCUT2D eigenvalue weighted by molar-refractivity contribution is -0.151. The third-order valence-electron chi connectivity index (χ3n) is 3.66. The summed E-state index contributed by atoms with van der Waals surface area (Å²) in [7, 11) is 0. The SMILES string of the molecule is O=C(CC1(CS)CC1)OC1CCCCC1. The smallest absolute Gasteiger partial charge is 0.306 e. The van der Waals surface area contributed by atoms with Crippen molar-refractivity contribution in [2.75, 3.05) is 5.75 Å². The standard InChI is InChI=1S/C12H20O2S/c13-11(8-12(9-15)6-7-12)14-10-4-2-1-3-5-10/h10,15H,1-9H2. The van der Waals surface area contributed by atoms with Crippen molar-refractivity contribution >= 4 is 18.6 Å². The second kappa shape index (κ2) is 4.77. The maximum absolute atomic E-state index is 11.7. The minimum absolute atomic E-state index is 0.00782. The van der Waals surface area contributed by atoms with Gasteiger partial charge in [0.25, 0.3) is 0 Å². The first-order chi connectivity index (χ1) is 7.24. The van der Waals surface area contributed by atoms with Gasteiger partial charge in [0.05, 0.1) is 6.42 Å². The van der Waals surface area contributed by atoms with Crippen LogP contribution in [0.5, 0.6) is 0 Å². The van der Waals surface area contributed by atoms with Crippen molar-refractivity contribution in [1.82, 2.24) is 0 Å². The van der Waals surface area contributed by atoms with Gasteiger partial charge in [-0.3, -0.25) is 4.79 Å². The number of rotatable bonds is 4. The third kappa shape index (κ3) is 3.13. The molecule has 0 bridgehead atoms. The Labute approximate surface area is 97.2 Å². The summed E-state index contributed by atoms with van der Waals surface area (Å²) in [4.78, 5) is 11.7. The summed E-state index contributed by atoms with van der Waals surface area (Å²) < 4.78 is 5.50. The van der Waals surface area contributed by atoms with Crippen LogP contribution in [0.3, 0.4) is 0 Å². The van der Waals surface area contributed by atoms with Gasteiger partial charge in [-0.1, -0.05) is 6.42 Å². The Morgan fingerprint density at radius 1 is 1.27 bits per heavy atom. The van der Waals surface area contributed by atoms with E-state index in [9.17, 15) is 4.79 Å². The summed E-state index contributed by atoms with van der Waals surface area (Å²) in [5.74, 6) is 0.834. The lowest BCUT2D eigenvalue weighted by Gasteiger charge is -2.22. The highest BCUT2D eigenvalue weighted by Crippen LogP contribution is 2.49. The molecule has 2 nitrogen and oxygen atoms in total. The Kier molecular flexibility index (Phi) is 3.60. The molecule has 0 spiro atoms. The van der Waals surface area contributed by atoms with Gasteiger partial charge in [-0.25, -0.2) is 0 Å². The van der Waals surface area contributed by atoms with Crippen LogP contribution in [0.2, 0.25) is 0 Å². The average molecular weight is 228 g/mol. The van der Waals surface area contributed by atoms with Gasteiger partial charge in [-0.05, 0) is 49.7 Å². The van der Waals surface area contributed by atoms with Crippen LogP contribution >= 0.6 is 12.6 Å². The van der Waals surface area contributed by atoms with Crippen LogP contribution in [-0.2, 0) is 9.53 Å². The molecule has 0 atom stereocenters. The fourth-order valence-electron chi connectivity index (χ4n) is 2.28. The highest BCUT2D eigenvalue weighted by molar-refractivity contribution is 7.80. The van der Waals surface area contributed by atoms with Crippen LogP contribution in [0.15, 0.2) is 0 Å². The molecule has 2 aliphatic rings.